The molecule has 0 unspecified atom stereocenters. The van der Waals surface area contributed by atoms with Crippen LogP contribution in [0.5, 0.6) is 5.75 Å². The highest BCUT2D eigenvalue weighted by atomic mass is 79.9. The number of anilines is 1. The second-order valence-corrected chi connectivity index (χ2v) is 8.14. The van der Waals surface area contributed by atoms with E-state index in [0.29, 0.717) is 12.2 Å². The van der Waals surface area contributed by atoms with Crippen LogP contribution >= 0.6 is 15.9 Å². The summed E-state index contributed by atoms with van der Waals surface area (Å²) in [7, 11) is 0. The SMILES string of the molecule is CCOc1ccc(C(=O)Nc2ccc3c(c2C)CNCC3(C)C)cc1Br. The third kappa shape index (κ3) is 3.64. The average Bonchev–Trinajstić information content (AvgIpc) is 2.59. The van der Waals surface area contributed by atoms with E-state index < -0.39 is 0 Å². The molecule has 26 heavy (non-hydrogen) atoms. The maximum Gasteiger partial charge on any atom is 0.255 e. The van der Waals surface area contributed by atoms with Crippen molar-refractivity contribution < 1.29 is 9.53 Å². The Morgan fingerprint density at radius 2 is 2.08 bits per heavy atom. The summed E-state index contributed by atoms with van der Waals surface area (Å²) in [4.78, 5) is 12.7. The fraction of sp³-hybridized carbons (Fsp3) is 0.381. The molecule has 1 aliphatic heterocycles. The molecule has 1 aliphatic rings. The minimum absolute atomic E-state index is 0.0981. The van der Waals surface area contributed by atoms with Gasteiger partial charge in [0.2, 0.25) is 0 Å². The standard InChI is InChI=1S/C21H25BrN2O2/c1-5-26-19-9-6-14(10-17(19)22)20(25)24-18-8-7-16-15(13(18)2)11-23-12-21(16,3)4/h6-10,23H,5,11-12H2,1-4H3,(H,24,25). The Labute approximate surface area is 163 Å². The van der Waals surface area contributed by atoms with Crippen molar-refractivity contribution in [2.24, 2.45) is 0 Å². The first kappa shape index (κ1) is 18.9. The number of hydrogen-bond acceptors (Lipinski definition) is 3. The molecule has 138 valence electrons. The highest BCUT2D eigenvalue weighted by Gasteiger charge is 2.28. The van der Waals surface area contributed by atoms with E-state index in [1.807, 2.05) is 19.1 Å². The lowest BCUT2D eigenvalue weighted by Gasteiger charge is -2.34. The zero-order valence-electron chi connectivity index (χ0n) is 15.7. The number of carbonyl (C=O) groups is 1. The molecular formula is C21H25BrN2O2. The number of nitrogens with one attached hydrogen (secondary N) is 2. The van der Waals surface area contributed by atoms with Gasteiger partial charge in [0.15, 0.2) is 0 Å². The van der Waals surface area contributed by atoms with Crippen molar-refractivity contribution >= 4 is 27.5 Å². The Morgan fingerprint density at radius 1 is 1.31 bits per heavy atom. The van der Waals surface area contributed by atoms with E-state index in [1.54, 1.807) is 12.1 Å². The summed E-state index contributed by atoms with van der Waals surface area (Å²) in [5, 5.41) is 6.53. The summed E-state index contributed by atoms with van der Waals surface area (Å²) in [6, 6.07) is 9.55. The third-order valence-electron chi connectivity index (χ3n) is 4.94. The van der Waals surface area contributed by atoms with Gasteiger partial charge in [-0.3, -0.25) is 4.79 Å². The van der Waals surface area contributed by atoms with E-state index in [-0.39, 0.29) is 11.3 Å². The second kappa shape index (κ2) is 7.41. The van der Waals surface area contributed by atoms with Crippen LogP contribution in [0.4, 0.5) is 5.69 Å². The minimum atomic E-state index is -0.125. The lowest BCUT2D eigenvalue weighted by Crippen LogP contribution is -2.39. The molecule has 1 amide bonds. The number of carbonyl (C=O) groups excluding carboxylic acids is 1. The maximum absolute atomic E-state index is 12.7. The van der Waals surface area contributed by atoms with Crippen molar-refractivity contribution in [3.05, 3.63) is 57.1 Å². The molecule has 0 aromatic heterocycles. The van der Waals surface area contributed by atoms with Crippen LogP contribution in [-0.4, -0.2) is 19.1 Å². The molecule has 5 heteroatoms. The second-order valence-electron chi connectivity index (χ2n) is 7.28. The van der Waals surface area contributed by atoms with Crippen LogP contribution in [0.3, 0.4) is 0 Å². The summed E-state index contributed by atoms with van der Waals surface area (Å²) in [5.41, 5.74) is 5.32. The largest absolute Gasteiger partial charge is 0.493 e. The van der Waals surface area contributed by atoms with E-state index >= 15 is 0 Å². The maximum atomic E-state index is 12.7. The Hall–Kier alpha value is -1.85. The smallest absolute Gasteiger partial charge is 0.255 e. The van der Waals surface area contributed by atoms with Crippen LogP contribution in [0, 0.1) is 6.92 Å². The topological polar surface area (TPSA) is 50.4 Å². The summed E-state index contributed by atoms with van der Waals surface area (Å²) in [5.74, 6) is 0.613. The summed E-state index contributed by atoms with van der Waals surface area (Å²) in [6.07, 6.45) is 0. The molecule has 0 atom stereocenters. The van der Waals surface area contributed by atoms with Gasteiger partial charge in [0.1, 0.15) is 5.75 Å². The van der Waals surface area contributed by atoms with Crippen LogP contribution < -0.4 is 15.4 Å². The number of halogens is 1. The number of hydrogen-bond donors (Lipinski definition) is 2. The monoisotopic (exact) mass is 416 g/mol. The molecule has 1 heterocycles. The van der Waals surface area contributed by atoms with Crippen LogP contribution in [0.15, 0.2) is 34.8 Å². The van der Waals surface area contributed by atoms with Gasteiger partial charge in [0.05, 0.1) is 11.1 Å². The lowest BCUT2D eigenvalue weighted by molar-refractivity contribution is 0.102. The first-order valence-electron chi connectivity index (χ1n) is 8.91. The predicted molar refractivity (Wildman–Crippen MR) is 109 cm³/mol. The molecule has 0 fully saturated rings. The summed E-state index contributed by atoms with van der Waals surface area (Å²) < 4.78 is 6.28. The van der Waals surface area contributed by atoms with Gasteiger partial charge in [-0.2, -0.15) is 0 Å². The molecule has 0 radical (unpaired) electrons. The van der Waals surface area contributed by atoms with Crippen LogP contribution in [-0.2, 0) is 12.0 Å². The molecule has 3 rings (SSSR count). The summed E-state index contributed by atoms with van der Waals surface area (Å²) in [6.45, 7) is 10.9. The molecule has 0 saturated heterocycles. The van der Waals surface area contributed by atoms with E-state index in [9.17, 15) is 4.79 Å². The number of amides is 1. The Balaban J connectivity index is 1.85. The average molecular weight is 417 g/mol. The highest BCUT2D eigenvalue weighted by molar-refractivity contribution is 9.10. The zero-order valence-corrected chi connectivity index (χ0v) is 17.3. The van der Waals surface area contributed by atoms with Gasteiger partial charge in [0, 0.05) is 29.8 Å². The van der Waals surface area contributed by atoms with E-state index in [0.717, 1.165) is 34.6 Å². The van der Waals surface area contributed by atoms with Crippen molar-refractivity contribution in [2.45, 2.75) is 39.7 Å². The molecule has 0 bridgehead atoms. The predicted octanol–water partition coefficient (Wildman–Crippen LogP) is 4.79. The lowest BCUT2D eigenvalue weighted by atomic mass is 9.77. The number of ether oxygens (including phenoxy) is 1. The van der Waals surface area contributed by atoms with E-state index in [1.165, 1.54) is 11.1 Å². The van der Waals surface area contributed by atoms with Crippen LogP contribution in [0.2, 0.25) is 0 Å². The zero-order chi connectivity index (χ0) is 18.9. The van der Waals surface area contributed by atoms with Crippen LogP contribution in [0.1, 0.15) is 47.8 Å². The minimum Gasteiger partial charge on any atom is -0.493 e. The third-order valence-corrected chi connectivity index (χ3v) is 5.56. The number of benzene rings is 2. The van der Waals surface area contributed by atoms with Crippen molar-refractivity contribution in [1.29, 1.82) is 0 Å². The molecule has 2 aromatic rings. The van der Waals surface area contributed by atoms with Gasteiger partial charge in [-0.05, 0) is 70.7 Å². The van der Waals surface area contributed by atoms with Crippen molar-refractivity contribution in [3.8, 4) is 5.75 Å². The fourth-order valence-corrected chi connectivity index (χ4v) is 3.95. The van der Waals surface area contributed by atoms with Crippen LogP contribution in [0.25, 0.3) is 0 Å². The molecule has 0 saturated carbocycles. The van der Waals surface area contributed by atoms with Gasteiger partial charge >= 0.3 is 0 Å². The Morgan fingerprint density at radius 3 is 2.77 bits per heavy atom. The molecule has 2 N–H and O–H groups in total. The Kier molecular flexibility index (Phi) is 5.39. The van der Waals surface area contributed by atoms with Crippen molar-refractivity contribution in [2.75, 3.05) is 18.5 Å². The van der Waals surface area contributed by atoms with Gasteiger partial charge in [-0.1, -0.05) is 19.9 Å². The van der Waals surface area contributed by atoms with E-state index in [4.69, 9.17) is 4.74 Å². The van der Waals surface area contributed by atoms with Crippen molar-refractivity contribution in [3.63, 3.8) is 0 Å². The van der Waals surface area contributed by atoms with E-state index in [2.05, 4.69) is 53.4 Å². The first-order valence-corrected chi connectivity index (χ1v) is 9.70. The van der Waals surface area contributed by atoms with Gasteiger partial charge in [-0.25, -0.2) is 0 Å². The molecule has 4 nitrogen and oxygen atoms in total. The molecule has 0 aliphatic carbocycles. The number of fused-ring (bicyclic) bond motifs is 1. The van der Waals surface area contributed by atoms with Gasteiger partial charge in [-0.15, -0.1) is 0 Å². The molecule has 2 aromatic carbocycles. The highest BCUT2D eigenvalue weighted by Crippen LogP contribution is 2.34. The molecular weight excluding hydrogens is 392 g/mol. The van der Waals surface area contributed by atoms with Gasteiger partial charge < -0.3 is 15.4 Å². The fourth-order valence-electron chi connectivity index (χ4n) is 3.46. The quantitative estimate of drug-likeness (QED) is 0.752. The summed E-state index contributed by atoms with van der Waals surface area (Å²) >= 11 is 3.46. The normalized spacial score (nSPS) is 15.3. The Bertz CT molecular complexity index is 846. The molecule has 0 spiro atoms. The van der Waals surface area contributed by atoms with Crippen molar-refractivity contribution in [1.82, 2.24) is 5.32 Å². The first-order chi connectivity index (χ1) is 12.3. The van der Waals surface area contributed by atoms with Gasteiger partial charge in [0.25, 0.3) is 5.91 Å². The number of rotatable bonds is 4.